The summed E-state index contributed by atoms with van der Waals surface area (Å²) in [5.41, 5.74) is 4.56. The largest absolute Gasteiger partial charge is 0.316 e. The summed E-state index contributed by atoms with van der Waals surface area (Å²) in [6, 6.07) is 6.88. The second-order valence-electron chi connectivity index (χ2n) is 5.12. The molecule has 0 aliphatic rings. The Kier molecular flexibility index (Phi) is 3.92. The quantitative estimate of drug-likeness (QED) is 0.798. The smallest absolute Gasteiger partial charge is 0.0205 e. The third kappa shape index (κ3) is 3.07. The molecule has 0 aliphatic carbocycles. The van der Waals surface area contributed by atoms with Gasteiger partial charge in [0.2, 0.25) is 0 Å². The molecule has 0 spiro atoms. The van der Waals surface area contributed by atoms with E-state index in [1.807, 2.05) is 7.05 Å². The first-order valence-corrected chi connectivity index (χ1v) is 5.76. The summed E-state index contributed by atoms with van der Waals surface area (Å²) in [7, 11) is 2.00. The Morgan fingerprint density at radius 2 is 1.80 bits per heavy atom. The van der Waals surface area contributed by atoms with Crippen molar-refractivity contribution in [3.63, 3.8) is 0 Å². The second kappa shape index (κ2) is 4.80. The highest BCUT2D eigenvalue weighted by atomic mass is 14.8. The number of hydrogen-bond acceptors (Lipinski definition) is 1. The third-order valence-electron chi connectivity index (χ3n) is 2.82. The van der Waals surface area contributed by atoms with E-state index in [-0.39, 0.29) is 5.41 Å². The maximum Gasteiger partial charge on any atom is 0.0205 e. The Bertz CT molecular complexity index is 321. The zero-order valence-electron chi connectivity index (χ0n) is 10.6. The van der Waals surface area contributed by atoms with E-state index in [0.29, 0.717) is 0 Å². The van der Waals surface area contributed by atoms with Crippen LogP contribution in [-0.2, 0) is 18.4 Å². The van der Waals surface area contributed by atoms with Crippen molar-refractivity contribution in [1.82, 2.24) is 5.32 Å². The van der Waals surface area contributed by atoms with Crippen LogP contribution in [0.3, 0.4) is 0 Å². The fourth-order valence-electron chi connectivity index (χ4n) is 1.79. The van der Waals surface area contributed by atoms with Gasteiger partial charge in [0.15, 0.2) is 0 Å². The molecule has 0 heterocycles. The van der Waals surface area contributed by atoms with Crippen LogP contribution in [0, 0.1) is 0 Å². The van der Waals surface area contributed by atoms with Gasteiger partial charge in [-0.25, -0.2) is 0 Å². The lowest BCUT2D eigenvalue weighted by Crippen LogP contribution is -2.14. The molecule has 1 aromatic carbocycles. The van der Waals surface area contributed by atoms with E-state index in [0.717, 1.165) is 13.0 Å². The Balaban J connectivity index is 3.10. The number of hydrogen-bond donors (Lipinski definition) is 1. The van der Waals surface area contributed by atoms with Crippen molar-refractivity contribution in [2.75, 3.05) is 7.05 Å². The van der Waals surface area contributed by atoms with E-state index in [4.69, 9.17) is 0 Å². The maximum atomic E-state index is 3.24. The van der Waals surface area contributed by atoms with E-state index in [2.05, 4.69) is 51.2 Å². The van der Waals surface area contributed by atoms with Crippen molar-refractivity contribution in [3.05, 3.63) is 34.9 Å². The van der Waals surface area contributed by atoms with Crippen molar-refractivity contribution in [3.8, 4) is 0 Å². The summed E-state index contributed by atoms with van der Waals surface area (Å²) in [6.45, 7) is 9.96. The molecule has 0 radical (unpaired) electrons. The average molecular weight is 205 g/mol. The van der Waals surface area contributed by atoms with Crippen LogP contribution in [-0.4, -0.2) is 7.05 Å². The topological polar surface area (TPSA) is 12.0 Å². The van der Waals surface area contributed by atoms with Gasteiger partial charge in [-0.1, -0.05) is 45.9 Å². The Morgan fingerprint density at radius 3 is 2.27 bits per heavy atom. The van der Waals surface area contributed by atoms with Crippen LogP contribution in [0.2, 0.25) is 0 Å². The molecule has 1 rings (SSSR count). The maximum absolute atomic E-state index is 3.24. The molecule has 0 unspecified atom stereocenters. The summed E-state index contributed by atoms with van der Waals surface area (Å²) in [4.78, 5) is 0. The third-order valence-corrected chi connectivity index (χ3v) is 2.82. The molecule has 1 aromatic rings. The Morgan fingerprint density at radius 1 is 1.13 bits per heavy atom. The SMILES string of the molecule is CCc1ccc(C(C)(C)C)cc1CNC. The molecule has 0 saturated heterocycles. The summed E-state index contributed by atoms with van der Waals surface area (Å²) in [6.07, 6.45) is 1.11. The molecule has 1 N–H and O–H groups in total. The van der Waals surface area contributed by atoms with E-state index >= 15 is 0 Å². The molecule has 0 fully saturated rings. The Hall–Kier alpha value is -0.820. The highest BCUT2D eigenvalue weighted by molar-refractivity contribution is 5.35. The lowest BCUT2D eigenvalue weighted by molar-refractivity contribution is 0.588. The van der Waals surface area contributed by atoms with Crippen LogP contribution >= 0.6 is 0 Å². The molecule has 1 nitrogen and oxygen atoms in total. The van der Waals surface area contributed by atoms with E-state index in [1.54, 1.807) is 0 Å². The second-order valence-corrected chi connectivity index (χ2v) is 5.12. The van der Waals surface area contributed by atoms with Gasteiger partial charge < -0.3 is 5.32 Å². The van der Waals surface area contributed by atoms with Gasteiger partial charge in [-0.2, -0.15) is 0 Å². The fourth-order valence-corrected chi connectivity index (χ4v) is 1.79. The molecule has 84 valence electrons. The van der Waals surface area contributed by atoms with E-state index in [1.165, 1.54) is 16.7 Å². The predicted octanol–water partition coefficient (Wildman–Crippen LogP) is 3.27. The molecule has 15 heavy (non-hydrogen) atoms. The first kappa shape index (κ1) is 12.3. The standard InChI is InChI=1S/C14H23N/c1-6-11-7-8-13(14(2,3)4)9-12(11)10-15-5/h7-9,15H,6,10H2,1-5H3. The molecule has 0 saturated carbocycles. The molecule has 1 heteroatoms. The molecule has 0 bridgehead atoms. The van der Waals surface area contributed by atoms with Crippen molar-refractivity contribution in [1.29, 1.82) is 0 Å². The van der Waals surface area contributed by atoms with Crippen LogP contribution in [0.4, 0.5) is 0 Å². The summed E-state index contributed by atoms with van der Waals surface area (Å²) >= 11 is 0. The fraction of sp³-hybridized carbons (Fsp3) is 0.571. The summed E-state index contributed by atoms with van der Waals surface area (Å²) in [5.74, 6) is 0. The minimum Gasteiger partial charge on any atom is -0.316 e. The number of rotatable bonds is 3. The normalized spacial score (nSPS) is 11.8. The van der Waals surface area contributed by atoms with E-state index < -0.39 is 0 Å². The van der Waals surface area contributed by atoms with Crippen molar-refractivity contribution < 1.29 is 0 Å². The number of aryl methyl sites for hydroxylation is 1. The first-order chi connectivity index (χ1) is 6.99. The number of benzene rings is 1. The number of nitrogens with one attached hydrogen (secondary N) is 1. The zero-order valence-corrected chi connectivity index (χ0v) is 10.6. The minimum atomic E-state index is 0.245. The van der Waals surface area contributed by atoms with Crippen LogP contribution < -0.4 is 5.32 Å². The zero-order chi connectivity index (χ0) is 11.5. The lowest BCUT2D eigenvalue weighted by Gasteiger charge is -2.21. The summed E-state index contributed by atoms with van der Waals surface area (Å²) in [5, 5.41) is 3.24. The van der Waals surface area contributed by atoms with Crippen LogP contribution in [0.1, 0.15) is 44.4 Å². The van der Waals surface area contributed by atoms with Crippen molar-refractivity contribution in [2.24, 2.45) is 0 Å². The van der Waals surface area contributed by atoms with Crippen LogP contribution in [0.25, 0.3) is 0 Å². The first-order valence-electron chi connectivity index (χ1n) is 5.76. The van der Waals surface area contributed by atoms with Gasteiger partial charge in [0.1, 0.15) is 0 Å². The molecule has 0 aliphatic heterocycles. The van der Waals surface area contributed by atoms with Crippen LogP contribution in [0.15, 0.2) is 18.2 Å². The highest BCUT2D eigenvalue weighted by Gasteiger charge is 2.14. The highest BCUT2D eigenvalue weighted by Crippen LogP contribution is 2.24. The van der Waals surface area contributed by atoms with Crippen molar-refractivity contribution in [2.45, 2.75) is 46.1 Å². The van der Waals surface area contributed by atoms with Gasteiger partial charge in [-0.3, -0.25) is 0 Å². The van der Waals surface area contributed by atoms with Crippen molar-refractivity contribution >= 4 is 0 Å². The van der Waals surface area contributed by atoms with Crippen LogP contribution in [0.5, 0.6) is 0 Å². The molecule has 0 aromatic heterocycles. The monoisotopic (exact) mass is 205 g/mol. The van der Waals surface area contributed by atoms with Gasteiger partial charge in [-0.05, 0) is 35.6 Å². The molecular weight excluding hydrogens is 182 g/mol. The Labute approximate surface area is 93.9 Å². The minimum absolute atomic E-state index is 0.245. The molecular formula is C14H23N. The van der Waals surface area contributed by atoms with Gasteiger partial charge >= 0.3 is 0 Å². The van der Waals surface area contributed by atoms with Gasteiger partial charge in [0.25, 0.3) is 0 Å². The summed E-state index contributed by atoms with van der Waals surface area (Å²) < 4.78 is 0. The van der Waals surface area contributed by atoms with Gasteiger partial charge in [0.05, 0.1) is 0 Å². The van der Waals surface area contributed by atoms with Gasteiger partial charge in [0, 0.05) is 6.54 Å². The molecule has 0 atom stereocenters. The predicted molar refractivity (Wildman–Crippen MR) is 67.3 cm³/mol. The lowest BCUT2D eigenvalue weighted by atomic mass is 9.85. The average Bonchev–Trinajstić information content (AvgIpc) is 2.17. The molecule has 0 amide bonds. The van der Waals surface area contributed by atoms with E-state index in [9.17, 15) is 0 Å². The van der Waals surface area contributed by atoms with Gasteiger partial charge in [-0.15, -0.1) is 0 Å².